The Bertz CT molecular complexity index is 2310. The second kappa shape index (κ2) is 12.4. The van der Waals surface area contributed by atoms with Gasteiger partial charge >= 0.3 is 0 Å². The topological polar surface area (TPSA) is 124 Å². The molecule has 314 valence electrons. The van der Waals surface area contributed by atoms with Gasteiger partial charge in [0.15, 0.2) is 34.6 Å². The molecule has 0 aromatic heterocycles. The van der Waals surface area contributed by atoms with Crippen LogP contribution in [0.3, 0.4) is 0 Å². The van der Waals surface area contributed by atoms with Crippen molar-refractivity contribution in [3.63, 3.8) is 0 Å². The molecule has 2 saturated heterocycles. The number of hydrogen-bond donors (Lipinski definition) is 2. The van der Waals surface area contributed by atoms with Crippen molar-refractivity contribution in [2.45, 2.75) is 111 Å². The molecule has 4 aliphatic heterocycles. The fraction of sp³-hybridized carbons (Fsp3) is 0.609. The van der Waals surface area contributed by atoms with Crippen LogP contribution in [0.1, 0.15) is 47.9 Å². The summed E-state index contributed by atoms with van der Waals surface area (Å²) in [5.74, 6) is 2.30. The lowest BCUT2D eigenvalue weighted by Crippen LogP contribution is -2.81. The SMILES string of the molecule is C[B]C(=O)N(C)C1C[C@@]23C=CC1(O)C1Oc4c(O)ccc5c4[C@@]12CCN(C)[C@@H]3C5.C[B]C(=O)N(C)C1C[C@@]23C=CC1(OC)C1Oc4c(OC)ccc5c4[C@@]12CCN(C)[C@@H]3C5. The second-order valence-corrected chi connectivity index (χ2v) is 19.5. The molecule has 8 aliphatic carbocycles. The van der Waals surface area contributed by atoms with Crippen LogP contribution in [0.4, 0.5) is 9.59 Å². The number of benzene rings is 2. The Labute approximate surface area is 354 Å². The van der Waals surface area contributed by atoms with Crippen LogP contribution >= 0.6 is 0 Å². The largest absolute Gasteiger partial charge is 0.504 e. The number of likely N-dealkylation sites (tertiary alicyclic amines) is 2. The van der Waals surface area contributed by atoms with Gasteiger partial charge in [0.05, 0.1) is 30.0 Å². The van der Waals surface area contributed by atoms with Crippen molar-refractivity contribution in [2.24, 2.45) is 10.8 Å². The molecule has 8 bridgehead atoms. The van der Waals surface area contributed by atoms with E-state index in [4.69, 9.17) is 18.9 Å². The number of phenols is 1. The number of rotatable bonds is 6. The Morgan fingerprint density at radius 3 is 1.90 bits per heavy atom. The summed E-state index contributed by atoms with van der Waals surface area (Å²) in [5.41, 5.74) is 2.14. The van der Waals surface area contributed by atoms with E-state index in [-0.39, 0.29) is 63.3 Å². The molecule has 2 aromatic rings. The van der Waals surface area contributed by atoms with Crippen LogP contribution in [0.5, 0.6) is 23.0 Å². The summed E-state index contributed by atoms with van der Waals surface area (Å²) in [6.07, 6.45) is 13.4. The number of likely N-dealkylation sites (N-methyl/N-ethyl adjacent to an activating group) is 4. The van der Waals surface area contributed by atoms with Crippen molar-refractivity contribution in [2.75, 3.05) is 55.5 Å². The molecule has 12 nitrogen and oxygen atoms in total. The maximum Gasteiger partial charge on any atom is 0.229 e. The molecule has 4 spiro atoms. The minimum absolute atomic E-state index is 0.0240. The van der Waals surface area contributed by atoms with E-state index in [0.29, 0.717) is 18.2 Å². The Morgan fingerprint density at radius 1 is 0.767 bits per heavy atom. The smallest absolute Gasteiger partial charge is 0.229 e. The van der Waals surface area contributed by atoms with Crippen LogP contribution in [-0.4, -0.2) is 159 Å². The summed E-state index contributed by atoms with van der Waals surface area (Å²) in [7, 11) is 14.8. The highest BCUT2D eigenvalue weighted by Crippen LogP contribution is 2.75. The van der Waals surface area contributed by atoms with Crippen LogP contribution in [-0.2, 0) is 28.4 Å². The Balaban J connectivity index is 0.000000136. The van der Waals surface area contributed by atoms with Crippen LogP contribution in [0.25, 0.3) is 0 Å². The molecule has 2 saturated carbocycles. The van der Waals surface area contributed by atoms with Gasteiger partial charge in [0.1, 0.15) is 23.4 Å². The highest BCUT2D eigenvalue weighted by Gasteiger charge is 2.81. The first kappa shape index (κ1) is 38.9. The van der Waals surface area contributed by atoms with Gasteiger partial charge in [-0.15, -0.1) is 0 Å². The first-order valence-corrected chi connectivity index (χ1v) is 21.8. The zero-order chi connectivity index (χ0) is 42.1. The quantitative estimate of drug-likeness (QED) is 0.327. The molecule has 6 unspecified atom stereocenters. The van der Waals surface area contributed by atoms with E-state index in [2.05, 4.69) is 48.2 Å². The number of nitrogens with zero attached hydrogens (tertiary/aromatic N) is 4. The number of ether oxygens (including phenoxy) is 4. The molecule has 12 atom stereocenters. The van der Waals surface area contributed by atoms with E-state index in [1.165, 1.54) is 16.7 Å². The predicted octanol–water partition coefficient (Wildman–Crippen LogP) is 3.99. The summed E-state index contributed by atoms with van der Waals surface area (Å²) in [4.78, 5) is 33.8. The van der Waals surface area contributed by atoms with Gasteiger partial charge in [-0.05, 0) is 89.0 Å². The van der Waals surface area contributed by atoms with Crippen molar-refractivity contribution in [3.8, 4) is 23.0 Å². The van der Waals surface area contributed by atoms with Gasteiger partial charge < -0.3 is 48.8 Å². The monoisotopic (exact) mass is 814 g/mol. The normalized spacial score (nSPS) is 41.9. The molecular formula is C46H56B2N4O8. The Hall–Kier alpha value is -3.97. The summed E-state index contributed by atoms with van der Waals surface area (Å²) in [6, 6.07) is 8.18. The van der Waals surface area contributed by atoms with Crippen molar-refractivity contribution in [3.05, 3.63) is 70.8 Å². The van der Waals surface area contributed by atoms with E-state index in [1.807, 2.05) is 30.2 Å². The number of piperidine rings is 2. The maximum absolute atomic E-state index is 12.8. The fourth-order valence-electron chi connectivity index (χ4n) is 15.5. The molecule has 2 aromatic carbocycles. The van der Waals surface area contributed by atoms with Gasteiger partial charge in [-0.2, -0.15) is 0 Å². The van der Waals surface area contributed by atoms with Crippen molar-refractivity contribution in [1.29, 1.82) is 0 Å². The summed E-state index contributed by atoms with van der Waals surface area (Å²) in [6.45, 7) is 5.48. The average Bonchev–Trinajstić information content (AvgIpc) is 3.83. The van der Waals surface area contributed by atoms with Gasteiger partial charge in [-0.1, -0.05) is 50.1 Å². The third-order valence-corrected chi connectivity index (χ3v) is 18.1. The summed E-state index contributed by atoms with van der Waals surface area (Å²) < 4.78 is 25.4. The molecule has 12 aliphatic rings. The number of hydrogen-bond acceptors (Lipinski definition) is 10. The van der Waals surface area contributed by atoms with Crippen molar-refractivity contribution < 1.29 is 38.7 Å². The molecule has 14 heteroatoms. The Morgan fingerprint density at radius 2 is 1.30 bits per heavy atom. The standard InChI is InChI=1S/C24H30BN2O4.C22H26BN2O4/c1-25-21(28)27(3)17-13-22-8-9-24(17,30-5)20-23(22)10-11-26(2)16(22)12-14-6-7-15(29-4)19(31-20)18(14)23;1-23-19(27)25(3)15-11-20-6-7-22(15,28)18-21(20)8-9-24(2)14(20)10-12-4-5-13(26)17(29-18)16(12)21/h6-9,16-17,20H,10-13H2,1-5H3;4-7,14-15,18,26,28H,8-11H2,1-3H3/t16-,17?,20?,22-,23+,24?;14-,15?,18?,20-,21+,22?/m11/s1. The van der Waals surface area contributed by atoms with Crippen LogP contribution < -0.4 is 14.2 Å². The van der Waals surface area contributed by atoms with E-state index in [0.717, 1.165) is 62.3 Å². The van der Waals surface area contributed by atoms with Gasteiger partial charge in [-0.25, -0.2) is 0 Å². The van der Waals surface area contributed by atoms with Gasteiger partial charge in [0, 0.05) is 55.2 Å². The first-order valence-electron chi connectivity index (χ1n) is 21.8. The number of carbonyl (C=O) groups excluding carboxylic acids is 2. The number of carbonyl (C=O) groups is 2. The minimum atomic E-state index is -1.30. The number of aliphatic hydroxyl groups is 1. The third kappa shape index (κ3) is 4.08. The van der Waals surface area contributed by atoms with Crippen LogP contribution in [0.15, 0.2) is 48.6 Å². The van der Waals surface area contributed by atoms with Crippen molar-refractivity contribution in [1.82, 2.24) is 19.6 Å². The lowest BCUT2D eigenvalue weighted by Gasteiger charge is -2.71. The molecule has 60 heavy (non-hydrogen) atoms. The summed E-state index contributed by atoms with van der Waals surface area (Å²) in [5, 5.41) is 22.6. The zero-order valence-corrected chi connectivity index (χ0v) is 36.0. The fourth-order valence-corrected chi connectivity index (χ4v) is 15.5. The molecule has 2 amide bonds. The third-order valence-electron chi connectivity index (χ3n) is 18.1. The van der Waals surface area contributed by atoms with E-state index in [9.17, 15) is 19.8 Å². The zero-order valence-electron chi connectivity index (χ0n) is 36.0. The lowest BCUT2D eigenvalue weighted by molar-refractivity contribution is -0.211. The van der Waals surface area contributed by atoms with Crippen molar-refractivity contribution >= 4 is 26.2 Å². The van der Waals surface area contributed by atoms with E-state index < -0.39 is 17.3 Å². The Kier molecular flexibility index (Phi) is 8.01. The molecule has 14 rings (SSSR count). The van der Waals surface area contributed by atoms with Crippen LogP contribution in [0, 0.1) is 10.8 Å². The van der Waals surface area contributed by atoms with Gasteiger partial charge in [-0.3, -0.25) is 9.59 Å². The highest BCUT2D eigenvalue weighted by atomic mass is 16.6. The van der Waals surface area contributed by atoms with Crippen LogP contribution in [0.2, 0.25) is 13.6 Å². The summed E-state index contributed by atoms with van der Waals surface area (Å²) >= 11 is 0. The molecule has 2 N–H and O–H groups in total. The number of methoxy groups -OCH3 is 2. The number of fused-ring (bicyclic) bond motifs is 2. The second-order valence-electron chi connectivity index (χ2n) is 19.5. The average molecular weight is 815 g/mol. The molecular weight excluding hydrogens is 758 g/mol. The first-order chi connectivity index (χ1) is 28.7. The number of aromatic hydroxyl groups is 1. The predicted molar refractivity (Wildman–Crippen MR) is 227 cm³/mol. The van der Waals surface area contributed by atoms with E-state index >= 15 is 0 Å². The van der Waals surface area contributed by atoms with Gasteiger partial charge in [0.2, 0.25) is 14.6 Å². The maximum atomic E-state index is 12.8. The molecule has 2 radical (unpaired) electrons. The minimum Gasteiger partial charge on any atom is -0.504 e. The van der Waals surface area contributed by atoms with E-state index in [1.54, 1.807) is 60.4 Å². The van der Waals surface area contributed by atoms with Gasteiger partial charge in [0.25, 0.3) is 0 Å². The molecule has 4 heterocycles. The number of amides is 2. The lowest BCUT2D eigenvalue weighted by atomic mass is 9.38. The highest BCUT2D eigenvalue weighted by molar-refractivity contribution is 6.72. The number of phenolic OH excluding ortho intramolecular Hbond substituents is 1. The molecule has 4 fully saturated rings.